The smallest absolute Gasteiger partial charge is 0.135 e. The Morgan fingerprint density at radius 1 is 0.441 bits per heavy atom. The molecule has 8 aromatic carbocycles. The molecule has 2 heterocycles. The van der Waals surface area contributed by atoms with Crippen molar-refractivity contribution in [1.82, 2.24) is 4.57 Å². The normalized spacial score (nSPS) is 14.6. The predicted molar refractivity (Wildman–Crippen MR) is 249 cm³/mol. The van der Waals surface area contributed by atoms with Crippen LogP contribution >= 0.6 is 0 Å². The fourth-order valence-electron chi connectivity index (χ4n) is 9.81. The molecule has 0 radical (unpaired) electrons. The van der Waals surface area contributed by atoms with E-state index < -0.39 is 0 Å². The second-order valence-corrected chi connectivity index (χ2v) is 17.6. The molecule has 0 saturated carbocycles. The molecule has 0 unspecified atom stereocenters. The molecule has 2 aromatic heterocycles. The second kappa shape index (κ2) is 13.4. The van der Waals surface area contributed by atoms with Crippen molar-refractivity contribution >= 4 is 60.8 Å². The van der Waals surface area contributed by atoms with Crippen LogP contribution in [-0.4, -0.2) is 4.57 Å². The Balaban J connectivity index is 1.19. The lowest BCUT2D eigenvalue weighted by atomic mass is 9.63. The molecule has 286 valence electrons. The zero-order chi connectivity index (χ0) is 39.9. The number of fused-ring (bicyclic) bond motifs is 7. The number of hydrogen-bond acceptors (Lipinski definition) is 2. The highest BCUT2D eigenvalue weighted by Crippen LogP contribution is 2.50. The van der Waals surface area contributed by atoms with E-state index in [2.05, 4.69) is 219 Å². The van der Waals surface area contributed by atoms with Gasteiger partial charge in [0, 0.05) is 32.9 Å². The molecule has 0 saturated heterocycles. The van der Waals surface area contributed by atoms with Crippen LogP contribution < -0.4 is 4.90 Å². The first kappa shape index (κ1) is 35.3. The van der Waals surface area contributed by atoms with E-state index in [4.69, 9.17) is 4.42 Å². The molecule has 3 nitrogen and oxygen atoms in total. The predicted octanol–water partition coefficient (Wildman–Crippen LogP) is 15.8. The number of anilines is 3. The van der Waals surface area contributed by atoms with Gasteiger partial charge in [0.15, 0.2) is 0 Å². The summed E-state index contributed by atoms with van der Waals surface area (Å²) in [4.78, 5) is 2.45. The van der Waals surface area contributed by atoms with E-state index in [1.807, 2.05) is 0 Å². The van der Waals surface area contributed by atoms with Crippen LogP contribution in [0, 0.1) is 0 Å². The Kier molecular flexibility index (Phi) is 8.00. The van der Waals surface area contributed by atoms with Gasteiger partial charge in [-0.2, -0.15) is 0 Å². The third-order valence-electron chi connectivity index (χ3n) is 13.1. The topological polar surface area (TPSA) is 21.3 Å². The van der Waals surface area contributed by atoms with Crippen LogP contribution in [0.5, 0.6) is 0 Å². The second-order valence-electron chi connectivity index (χ2n) is 17.6. The minimum absolute atomic E-state index is 0.0852. The fourth-order valence-corrected chi connectivity index (χ4v) is 9.81. The molecule has 11 rings (SSSR count). The van der Waals surface area contributed by atoms with Crippen LogP contribution in [0.3, 0.4) is 0 Å². The van der Waals surface area contributed by atoms with Gasteiger partial charge in [-0.05, 0) is 124 Å². The van der Waals surface area contributed by atoms with E-state index in [1.165, 1.54) is 60.6 Å². The third-order valence-corrected chi connectivity index (χ3v) is 13.1. The molecule has 59 heavy (non-hydrogen) atoms. The molecule has 1 aliphatic rings. The highest BCUT2D eigenvalue weighted by atomic mass is 16.3. The van der Waals surface area contributed by atoms with Crippen molar-refractivity contribution in [2.75, 3.05) is 4.90 Å². The monoisotopic (exact) mass is 762 g/mol. The minimum Gasteiger partial charge on any atom is -0.456 e. The van der Waals surface area contributed by atoms with Crippen LogP contribution in [-0.2, 0) is 10.8 Å². The van der Waals surface area contributed by atoms with Gasteiger partial charge in [-0.1, -0.05) is 143 Å². The van der Waals surface area contributed by atoms with Crippen molar-refractivity contribution in [3.63, 3.8) is 0 Å². The number of rotatable bonds is 6. The average Bonchev–Trinajstić information content (AvgIpc) is 3.81. The molecule has 0 N–H and O–H groups in total. The maximum atomic E-state index is 6.72. The summed E-state index contributed by atoms with van der Waals surface area (Å²) in [5, 5.41) is 4.78. The van der Waals surface area contributed by atoms with Crippen molar-refractivity contribution in [3.05, 3.63) is 193 Å². The lowest BCUT2D eigenvalue weighted by Crippen LogP contribution is -2.33. The molecular weight excluding hydrogens is 717 g/mol. The highest BCUT2D eigenvalue weighted by molar-refractivity contribution is 6.10. The van der Waals surface area contributed by atoms with Crippen LogP contribution in [0.2, 0.25) is 0 Å². The zero-order valence-corrected chi connectivity index (χ0v) is 34.0. The molecule has 0 bridgehead atoms. The first-order valence-corrected chi connectivity index (χ1v) is 20.9. The summed E-state index contributed by atoms with van der Waals surface area (Å²) in [7, 11) is 0. The van der Waals surface area contributed by atoms with E-state index in [9.17, 15) is 0 Å². The van der Waals surface area contributed by atoms with E-state index in [-0.39, 0.29) is 10.8 Å². The van der Waals surface area contributed by atoms with Crippen LogP contribution in [0.1, 0.15) is 51.7 Å². The van der Waals surface area contributed by atoms with E-state index in [0.29, 0.717) is 0 Å². The fraction of sp³-hybridized carbons (Fsp3) is 0.143. The quantitative estimate of drug-likeness (QED) is 0.168. The Morgan fingerprint density at radius 2 is 0.966 bits per heavy atom. The maximum absolute atomic E-state index is 6.72. The maximum Gasteiger partial charge on any atom is 0.135 e. The molecule has 0 amide bonds. The number of nitrogens with zero attached hydrogens (tertiary/aromatic N) is 2. The minimum atomic E-state index is 0.0852. The Bertz CT molecular complexity index is 3170. The molecular formula is C56H46N2O. The summed E-state index contributed by atoms with van der Waals surface area (Å²) in [6.45, 7) is 9.56. The lowest BCUT2D eigenvalue weighted by Gasteiger charge is -2.41. The van der Waals surface area contributed by atoms with Gasteiger partial charge >= 0.3 is 0 Å². The summed E-state index contributed by atoms with van der Waals surface area (Å²) in [5.74, 6) is 0. The van der Waals surface area contributed by atoms with Gasteiger partial charge < -0.3 is 13.9 Å². The third kappa shape index (κ3) is 5.71. The SMILES string of the molecule is CC1(C)CCC(C)(C)c2cc3c(cc21)oc1ccc(N(c2ccc(-c4ccccc4)c(-c4ccccc4)c2)c2ccccc2-n2c4ccccc4c4ccccc42)cc13. The zero-order valence-electron chi connectivity index (χ0n) is 34.0. The average molecular weight is 763 g/mol. The van der Waals surface area contributed by atoms with Crippen molar-refractivity contribution in [3.8, 4) is 27.9 Å². The van der Waals surface area contributed by atoms with Crippen molar-refractivity contribution < 1.29 is 4.42 Å². The molecule has 3 heteroatoms. The molecule has 10 aromatic rings. The summed E-state index contributed by atoms with van der Waals surface area (Å²) < 4.78 is 9.16. The molecule has 1 aliphatic carbocycles. The van der Waals surface area contributed by atoms with Crippen molar-refractivity contribution in [2.45, 2.75) is 51.4 Å². The largest absolute Gasteiger partial charge is 0.456 e. The summed E-state index contributed by atoms with van der Waals surface area (Å²) in [6.07, 6.45) is 2.33. The molecule has 0 atom stereocenters. The van der Waals surface area contributed by atoms with Crippen molar-refractivity contribution in [1.29, 1.82) is 0 Å². The first-order valence-electron chi connectivity index (χ1n) is 20.9. The lowest BCUT2D eigenvalue weighted by molar-refractivity contribution is 0.332. The summed E-state index contributed by atoms with van der Waals surface area (Å²) >= 11 is 0. The number of benzene rings is 8. The van der Waals surface area contributed by atoms with Gasteiger partial charge in [0.05, 0.1) is 22.4 Å². The summed E-state index contributed by atoms with van der Waals surface area (Å²) in [5.41, 5.74) is 16.3. The van der Waals surface area contributed by atoms with E-state index in [0.717, 1.165) is 52.1 Å². The molecule has 0 spiro atoms. The molecule has 0 fully saturated rings. The first-order chi connectivity index (χ1) is 28.7. The Morgan fingerprint density at radius 3 is 1.64 bits per heavy atom. The number of aromatic nitrogens is 1. The Labute approximate surface area is 345 Å². The van der Waals surface area contributed by atoms with Crippen LogP contribution in [0.4, 0.5) is 17.1 Å². The van der Waals surface area contributed by atoms with Crippen molar-refractivity contribution in [2.24, 2.45) is 0 Å². The van der Waals surface area contributed by atoms with E-state index >= 15 is 0 Å². The Hall–Kier alpha value is -6.84. The van der Waals surface area contributed by atoms with Gasteiger partial charge in [-0.3, -0.25) is 0 Å². The number of hydrogen-bond donors (Lipinski definition) is 0. The van der Waals surface area contributed by atoms with Crippen LogP contribution in [0.25, 0.3) is 71.7 Å². The van der Waals surface area contributed by atoms with E-state index in [1.54, 1.807) is 0 Å². The van der Waals surface area contributed by atoms with Gasteiger partial charge in [-0.25, -0.2) is 0 Å². The standard InChI is InChI=1S/C56H46N2O/c1-55(2)31-32-56(3,4)48-36-54-46(35-47(48)55)45-34-40(28-30-53(45)59-54)57(39-27-29-41(37-17-7-5-8-18-37)44(33-39)38-19-9-6-10-20-38)51-25-15-16-26-52(51)58-49-23-13-11-21-42(49)43-22-12-14-24-50(43)58/h5-30,33-36H,31-32H2,1-4H3. The van der Waals surface area contributed by atoms with Gasteiger partial charge in [0.1, 0.15) is 11.2 Å². The molecule has 0 aliphatic heterocycles. The highest BCUT2D eigenvalue weighted by Gasteiger charge is 2.38. The number of para-hydroxylation sites is 4. The van der Waals surface area contributed by atoms with Gasteiger partial charge in [-0.15, -0.1) is 0 Å². The van der Waals surface area contributed by atoms with Gasteiger partial charge in [0.25, 0.3) is 0 Å². The summed E-state index contributed by atoms with van der Waals surface area (Å²) in [6, 6.07) is 66.4. The van der Waals surface area contributed by atoms with Gasteiger partial charge in [0.2, 0.25) is 0 Å². The number of furan rings is 1. The van der Waals surface area contributed by atoms with Crippen LogP contribution in [0.15, 0.2) is 186 Å².